The standard InChI is InChI=1S/C14H18FN3O3/c1-9(10-3-2-4-11(15)8-10)7-13(20)17-6-5-12(19)18-14(16)21/h2-4,8-9H,5-7H2,1H3,(H,17,20)(H3,16,18,19,21)/t9-/m0/s1. The summed E-state index contributed by atoms with van der Waals surface area (Å²) in [5, 5.41) is 4.45. The highest BCUT2D eigenvalue weighted by Crippen LogP contribution is 2.19. The number of nitrogens with two attached hydrogens (primary N) is 1. The minimum Gasteiger partial charge on any atom is -0.356 e. The highest BCUT2D eigenvalue weighted by molar-refractivity contribution is 5.93. The lowest BCUT2D eigenvalue weighted by molar-refractivity contribution is -0.122. The van der Waals surface area contributed by atoms with E-state index in [9.17, 15) is 18.8 Å². The molecule has 0 saturated heterocycles. The Kier molecular flexibility index (Phi) is 6.32. The van der Waals surface area contributed by atoms with Crippen LogP contribution in [0.3, 0.4) is 0 Å². The first-order valence-corrected chi connectivity index (χ1v) is 6.50. The zero-order valence-electron chi connectivity index (χ0n) is 11.7. The minimum atomic E-state index is -0.925. The van der Waals surface area contributed by atoms with Crippen LogP contribution in [0, 0.1) is 5.82 Å². The molecule has 0 bridgehead atoms. The van der Waals surface area contributed by atoms with Crippen molar-refractivity contribution < 1.29 is 18.8 Å². The van der Waals surface area contributed by atoms with Gasteiger partial charge in [0.2, 0.25) is 11.8 Å². The third kappa shape index (κ3) is 6.51. The molecule has 6 nitrogen and oxygen atoms in total. The van der Waals surface area contributed by atoms with Gasteiger partial charge in [0, 0.05) is 19.4 Å². The van der Waals surface area contributed by atoms with Crippen LogP contribution >= 0.6 is 0 Å². The van der Waals surface area contributed by atoms with Crippen LogP contribution < -0.4 is 16.4 Å². The monoisotopic (exact) mass is 295 g/mol. The molecule has 0 fully saturated rings. The summed E-state index contributed by atoms with van der Waals surface area (Å²) < 4.78 is 13.1. The van der Waals surface area contributed by atoms with Crippen molar-refractivity contribution in [2.45, 2.75) is 25.7 Å². The van der Waals surface area contributed by atoms with Crippen molar-refractivity contribution in [1.82, 2.24) is 10.6 Å². The molecule has 0 aliphatic heterocycles. The molecular weight excluding hydrogens is 277 g/mol. The first-order valence-electron chi connectivity index (χ1n) is 6.50. The van der Waals surface area contributed by atoms with Gasteiger partial charge in [-0.3, -0.25) is 14.9 Å². The number of primary amides is 1. The van der Waals surface area contributed by atoms with Gasteiger partial charge in [-0.2, -0.15) is 0 Å². The van der Waals surface area contributed by atoms with Gasteiger partial charge in [-0.15, -0.1) is 0 Å². The maximum atomic E-state index is 13.1. The van der Waals surface area contributed by atoms with Gasteiger partial charge < -0.3 is 11.1 Å². The minimum absolute atomic E-state index is 0.0387. The first kappa shape index (κ1) is 16.6. The Bertz CT molecular complexity index is 534. The number of nitrogens with one attached hydrogen (secondary N) is 2. The average Bonchev–Trinajstić information content (AvgIpc) is 2.37. The first-order chi connectivity index (χ1) is 9.88. The lowest BCUT2D eigenvalue weighted by Crippen LogP contribution is -2.37. The SMILES string of the molecule is C[C@@H](CC(=O)NCCC(=O)NC(N)=O)c1cccc(F)c1. The molecule has 0 saturated carbocycles. The van der Waals surface area contributed by atoms with E-state index in [2.05, 4.69) is 5.32 Å². The van der Waals surface area contributed by atoms with Crippen molar-refractivity contribution in [3.63, 3.8) is 0 Å². The number of hydrogen-bond donors (Lipinski definition) is 3. The number of carbonyl (C=O) groups excluding carboxylic acids is 3. The second-order valence-corrected chi connectivity index (χ2v) is 4.67. The van der Waals surface area contributed by atoms with E-state index in [1.807, 2.05) is 12.2 Å². The summed E-state index contributed by atoms with van der Waals surface area (Å²) in [7, 11) is 0. The van der Waals surface area contributed by atoms with E-state index in [-0.39, 0.29) is 37.0 Å². The van der Waals surface area contributed by atoms with Crippen LogP contribution in [0.1, 0.15) is 31.2 Å². The van der Waals surface area contributed by atoms with Crippen molar-refractivity contribution in [3.05, 3.63) is 35.6 Å². The zero-order valence-corrected chi connectivity index (χ0v) is 11.7. The maximum absolute atomic E-state index is 13.1. The van der Waals surface area contributed by atoms with Crippen molar-refractivity contribution in [3.8, 4) is 0 Å². The van der Waals surface area contributed by atoms with Crippen LogP contribution in [0.4, 0.5) is 9.18 Å². The highest BCUT2D eigenvalue weighted by Gasteiger charge is 2.12. The lowest BCUT2D eigenvalue weighted by Gasteiger charge is -2.12. The molecule has 0 spiro atoms. The average molecular weight is 295 g/mol. The Labute approximate surface area is 121 Å². The van der Waals surface area contributed by atoms with E-state index in [0.29, 0.717) is 0 Å². The van der Waals surface area contributed by atoms with Gasteiger partial charge in [0.15, 0.2) is 0 Å². The third-order valence-electron chi connectivity index (χ3n) is 2.85. The quantitative estimate of drug-likeness (QED) is 0.730. The molecule has 0 heterocycles. The smallest absolute Gasteiger partial charge is 0.318 e. The number of urea groups is 1. The Morgan fingerprint density at radius 1 is 1.29 bits per heavy atom. The van der Waals surface area contributed by atoms with Gasteiger partial charge in [0.1, 0.15) is 5.82 Å². The zero-order chi connectivity index (χ0) is 15.8. The van der Waals surface area contributed by atoms with Gasteiger partial charge in [0.25, 0.3) is 0 Å². The number of hydrogen-bond acceptors (Lipinski definition) is 3. The van der Waals surface area contributed by atoms with Crippen molar-refractivity contribution in [1.29, 1.82) is 0 Å². The predicted molar refractivity (Wildman–Crippen MR) is 74.8 cm³/mol. The van der Waals surface area contributed by atoms with Crippen LogP contribution in [0.15, 0.2) is 24.3 Å². The van der Waals surface area contributed by atoms with E-state index in [4.69, 9.17) is 5.73 Å². The molecule has 21 heavy (non-hydrogen) atoms. The Balaban J connectivity index is 2.33. The summed E-state index contributed by atoms with van der Waals surface area (Å²) in [6.07, 6.45) is 0.143. The topological polar surface area (TPSA) is 101 Å². The Hall–Kier alpha value is -2.44. The summed E-state index contributed by atoms with van der Waals surface area (Å²) in [6, 6.07) is 5.14. The molecule has 0 aromatic heterocycles. The summed E-state index contributed by atoms with van der Waals surface area (Å²) >= 11 is 0. The molecule has 1 aromatic carbocycles. The molecule has 7 heteroatoms. The van der Waals surface area contributed by atoms with Gasteiger partial charge >= 0.3 is 6.03 Å². The van der Waals surface area contributed by atoms with Gasteiger partial charge in [-0.25, -0.2) is 9.18 Å². The number of benzene rings is 1. The molecule has 4 N–H and O–H groups in total. The van der Waals surface area contributed by atoms with Gasteiger partial charge in [-0.1, -0.05) is 19.1 Å². The summed E-state index contributed by atoms with van der Waals surface area (Å²) in [4.78, 5) is 33.2. The lowest BCUT2D eigenvalue weighted by atomic mass is 9.97. The maximum Gasteiger partial charge on any atom is 0.318 e. The van der Waals surface area contributed by atoms with Crippen LogP contribution in [-0.2, 0) is 9.59 Å². The third-order valence-corrected chi connectivity index (χ3v) is 2.85. The Morgan fingerprint density at radius 2 is 2.00 bits per heavy atom. The van der Waals surface area contributed by atoms with Crippen molar-refractivity contribution >= 4 is 17.8 Å². The van der Waals surface area contributed by atoms with E-state index < -0.39 is 11.9 Å². The van der Waals surface area contributed by atoms with Crippen LogP contribution in [0.25, 0.3) is 0 Å². The summed E-state index contributed by atoms with van der Waals surface area (Å²) in [5.74, 6) is -1.29. The number of amides is 4. The number of carbonyl (C=O) groups is 3. The van der Waals surface area contributed by atoms with Crippen LogP contribution in [0.2, 0.25) is 0 Å². The molecule has 0 unspecified atom stereocenters. The molecule has 0 aliphatic rings. The number of rotatable bonds is 6. The van der Waals surface area contributed by atoms with Crippen molar-refractivity contribution in [2.24, 2.45) is 5.73 Å². The van der Waals surface area contributed by atoms with E-state index in [1.54, 1.807) is 12.1 Å². The van der Waals surface area contributed by atoms with Gasteiger partial charge in [-0.05, 0) is 23.6 Å². The molecule has 1 rings (SSSR count). The molecule has 114 valence electrons. The largest absolute Gasteiger partial charge is 0.356 e. The fourth-order valence-corrected chi connectivity index (χ4v) is 1.80. The summed E-state index contributed by atoms with van der Waals surface area (Å²) in [6.45, 7) is 1.92. The highest BCUT2D eigenvalue weighted by atomic mass is 19.1. The fourth-order valence-electron chi connectivity index (χ4n) is 1.80. The van der Waals surface area contributed by atoms with Gasteiger partial charge in [0.05, 0.1) is 0 Å². The predicted octanol–water partition coefficient (Wildman–Crippen LogP) is 1.02. The fraction of sp³-hybridized carbons (Fsp3) is 0.357. The van der Waals surface area contributed by atoms with Crippen molar-refractivity contribution in [2.75, 3.05) is 6.54 Å². The molecule has 0 aliphatic carbocycles. The number of imide groups is 1. The van der Waals surface area contributed by atoms with E-state index in [0.717, 1.165) is 5.56 Å². The normalized spacial score (nSPS) is 11.5. The van der Waals surface area contributed by atoms with Crippen LogP contribution in [0.5, 0.6) is 0 Å². The Morgan fingerprint density at radius 3 is 2.62 bits per heavy atom. The number of halogens is 1. The van der Waals surface area contributed by atoms with E-state index >= 15 is 0 Å². The molecule has 0 radical (unpaired) electrons. The molecule has 1 atom stereocenters. The summed E-state index contributed by atoms with van der Waals surface area (Å²) in [5.41, 5.74) is 5.51. The second kappa shape index (κ2) is 7.98. The molecular formula is C14H18FN3O3. The molecule has 4 amide bonds. The van der Waals surface area contributed by atoms with E-state index in [1.165, 1.54) is 12.1 Å². The molecule has 1 aromatic rings. The van der Waals surface area contributed by atoms with Crippen LogP contribution in [-0.4, -0.2) is 24.4 Å². The second-order valence-electron chi connectivity index (χ2n) is 4.67.